The summed E-state index contributed by atoms with van der Waals surface area (Å²) in [5, 5.41) is 30.9. The molecule has 1 aliphatic rings. The van der Waals surface area contributed by atoms with Gasteiger partial charge in [-0.2, -0.15) is 8.42 Å². The highest BCUT2D eigenvalue weighted by Gasteiger charge is 2.46. The Balaban J connectivity index is 2.37. The van der Waals surface area contributed by atoms with Crippen LogP contribution < -0.4 is 0 Å². The van der Waals surface area contributed by atoms with Crippen molar-refractivity contribution < 1.29 is 56.8 Å². The highest BCUT2D eigenvalue weighted by Crippen LogP contribution is 2.24. The topological polar surface area (TPSA) is 186 Å². The maximum absolute atomic E-state index is 12.8. The molecule has 1 heterocycles. The molecule has 1 rings (SSSR count). The van der Waals surface area contributed by atoms with Gasteiger partial charge in [0.15, 0.2) is 12.4 Å². The third-order valence-electron chi connectivity index (χ3n) is 11.1. The van der Waals surface area contributed by atoms with Crippen molar-refractivity contribution in [3.05, 3.63) is 12.2 Å². The van der Waals surface area contributed by atoms with E-state index in [2.05, 4.69) is 26.0 Å². The van der Waals surface area contributed by atoms with Gasteiger partial charge in [-0.3, -0.25) is 14.1 Å². The Hall–Kier alpha value is -1.61. The molecule has 59 heavy (non-hydrogen) atoms. The van der Waals surface area contributed by atoms with Gasteiger partial charge in [0.25, 0.3) is 10.1 Å². The molecule has 348 valence electrons. The second-order valence-electron chi connectivity index (χ2n) is 16.8. The van der Waals surface area contributed by atoms with Crippen molar-refractivity contribution >= 4 is 22.1 Å². The highest BCUT2D eigenvalue weighted by molar-refractivity contribution is 7.85. The van der Waals surface area contributed by atoms with Crippen LogP contribution in [0.15, 0.2) is 12.2 Å². The number of aliphatic hydroxyl groups excluding tert-OH is 3. The first-order valence-corrected chi connectivity index (χ1v) is 25.4. The van der Waals surface area contributed by atoms with E-state index in [1.807, 2.05) is 0 Å². The minimum Gasteiger partial charge on any atom is -0.462 e. The second-order valence-corrected chi connectivity index (χ2v) is 18.3. The lowest BCUT2D eigenvalue weighted by Gasteiger charge is -2.40. The van der Waals surface area contributed by atoms with E-state index in [-0.39, 0.29) is 19.4 Å². The van der Waals surface area contributed by atoms with Gasteiger partial charge in [-0.15, -0.1) is 0 Å². The first kappa shape index (κ1) is 55.4. The van der Waals surface area contributed by atoms with Crippen LogP contribution in [0.4, 0.5) is 0 Å². The third-order valence-corrected chi connectivity index (χ3v) is 11.8. The van der Waals surface area contributed by atoms with Gasteiger partial charge in [-0.05, 0) is 38.5 Å². The standard InChI is InChI=1S/C46H86O12S/c1-3-5-7-9-11-13-15-16-17-18-19-20-21-22-23-24-25-27-29-31-33-35-42(48)57-39(36-55-41(47)34-32-30-28-26-14-12-10-8-6-4-2)37-56-46-45(51)44(50)43(49)40(58-46)38-59(52,53)54/h18-19,39-40,43-46,49-51H,3-17,20-38H2,1-2H3,(H,52,53,54)/b19-18-. The Morgan fingerprint density at radius 3 is 1.41 bits per heavy atom. The van der Waals surface area contributed by atoms with Crippen molar-refractivity contribution in [3.63, 3.8) is 0 Å². The van der Waals surface area contributed by atoms with Crippen molar-refractivity contribution in [2.24, 2.45) is 0 Å². The summed E-state index contributed by atoms with van der Waals surface area (Å²) in [6.07, 6.45) is 29.8. The minimum atomic E-state index is -4.60. The number of hydrogen-bond acceptors (Lipinski definition) is 11. The van der Waals surface area contributed by atoms with Gasteiger partial charge >= 0.3 is 11.9 Å². The Labute approximate surface area is 358 Å². The summed E-state index contributed by atoms with van der Waals surface area (Å²) < 4.78 is 54.0. The Morgan fingerprint density at radius 1 is 0.559 bits per heavy atom. The average molecular weight is 863 g/mol. The van der Waals surface area contributed by atoms with E-state index >= 15 is 0 Å². The van der Waals surface area contributed by atoms with E-state index in [4.69, 9.17) is 18.9 Å². The lowest BCUT2D eigenvalue weighted by Crippen LogP contribution is -2.60. The van der Waals surface area contributed by atoms with Crippen molar-refractivity contribution in [3.8, 4) is 0 Å². The fourth-order valence-electron chi connectivity index (χ4n) is 7.38. The number of allylic oxidation sites excluding steroid dienone is 2. The number of carbonyl (C=O) groups is 2. The zero-order valence-electron chi connectivity index (χ0n) is 37.1. The van der Waals surface area contributed by atoms with Crippen LogP contribution in [-0.2, 0) is 38.7 Å². The number of ether oxygens (including phenoxy) is 4. The first-order valence-electron chi connectivity index (χ1n) is 23.7. The molecule has 13 heteroatoms. The third kappa shape index (κ3) is 31.8. The largest absolute Gasteiger partial charge is 0.462 e. The summed E-state index contributed by atoms with van der Waals surface area (Å²) in [5.74, 6) is -1.97. The van der Waals surface area contributed by atoms with Crippen LogP contribution in [0.2, 0.25) is 0 Å². The number of carbonyl (C=O) groups excluding carboxylic acids is 2. The second kappa shape index (κ2) is 37.0. The van der Waals surface area contributed by atoms with Crippen molar-refractivity contribution in [2.75, 3.05) is 19.0 Å². The summed E-state index contributed by atoms with van der Waals surface area (Å²) in [6.45, 7) is 3.76. The quantitative estimate of drug-likeness (QED) is 0.0198. The van der Waals surface area contributed by atoms with Gasteiger partial charge in [0, 0.05) is 12.8 Å². The summed E-state index contributed by atoms with van der Waals surface area (Å²) in [6, 6.07) is 0. The van der Waals surface area contributed by atoms with Crippen molar-refractivity contribution in [1.82, 2.24) is 0 Å². The zero-order valence-corrected chi connectivity index (χ0v) is 37.9. The number of aliphatic hydroxyl groups is 3. The highest BCUT2D eigenvalue weighted by atomic mass is 32.2. The predicted molar refractivity (Wildman–Crippen MR) is 234 cm³/mol. The van der Waals surface area contributed by atoms with E-state index in [0.717, 1.165) is 38.5 Å². The van der Waals surface area contributed by atoms with Gasteiger partial charge in [-0.25, -0.2) is 0 Å². The smallest absolute Gasteiger partial charge is 0.306 e. The molecule has 0 aromatic heterocycles. The number of hydrogen-bond donors (Lipinski definition) is 4. The maximum atomic E-state index is 12.8. The van der Waals surface area contributed by atoms with E-state index < -0.39 is 71.2 Å². The molecular formula is C46H86O12S. The fraction of sp³-hybridized carbons (Fsp3) is 0.913. The van der Waals surface area contributed by atoms with Gasteiger partial charge in [0.1, 0.15) is 36.8 Å². The van der Waals surface area contributed by atoms with Gasteiger partial charge in [0.2, 0.25) is 0 Å². The van der Waals surface area contributed by atoms with Crippen LogP contribution in [0.5, 0.6) is 0 Å². The van der Waals surface area contributed by atoms with Crippen LogP contribution in [-0.4, -0.2) is 96.0 Å². The van der Waals surface area contributed by atoms with Crippen molar-refractivity contribution in [2.45, 2.75) is 250 Å². The Morgan fingerprint density at radius 2 is 0.966 bits per heavy atom. The molecule has 0 aliphatic carbocycles. The SMILES string of the molecule is CCCCCCCCCC/C=C\CCCCCCCCCCCC(=O)OC(COC(=O)CCCCCCCCCCCC)COC1OC(CS(=O)(=O)O)C(O)C(O)C1O. The van der Waals surface area contributed by atoms with E-state index in [9.17, 15) is 37.9 Å². The monoisotopic (exact) mass is 863 g/mol. The maximum Gasteiger partial charge on any atom is 0.306 e. The molecule has 1 fully saturated rings. The molecule has 0 aromatic rings. The summed E-state index contributed by atoms with van der Waals surface area (Å²) in [7, 11) is -4.60. The van der Waals surface area contributed by atoms with Crippen LogP contribution in [0, 0.1) is 0 Å². The molecule has 6 atom stereocenters. The fourth-order valence-corrected chi connectivity index (χ4v) is 8.07. The van der Waals surface area contributed by atoms with Crippen LogP contribution in [0.1, 0.15) is 213 Å². The molecule has 6 unspecified atom stereocenters. The van der Waals surface area contributed by atoms with E-state index in [1.54, 1.807) is 0 Å². The van der Waals surface area contributed by atoms with Gasteiger partial charge in [0.05, 0.1) is 6.61 Å². The normalized spacial score (nSPS) is 20.3. The van der Waals surface area contributed by atoms with Crippen molar-refractivity contribution in [1.29, 1.82) is 0 Å². The molecule has 1 saturated heterocycles. The summed E-state index contributed by atoms with van der Waals surface area (Å²) >= 11 is 0. The first-order chi connectivity index (χ1) is 28.5. The van der Waals surface area contributed by atoms with Crippen LogP contribution in [0.25, 0.3) is 0 Å². The molecule has 1 aliphatic heterocycles. The zero-order chi connectivity index (χ0) is 43.4. The van der Waals surface area contributed by atoms with Gasteiger partial charge < -0.3 is 34.3 Å². The van der Waals surface area contributed by atoms with Gasteiger partial charge in [-0.1, -0.05) is 174 Å². The van der Waals surface area contributed by atoms with Crippen LogP contribution in [0.3, 0.4) is 0 Å². The minimum absolute atomic E-state index is 0.166. The number of rotatable bonds is 40. The lowest BCUT2D eigenvalue weighted by atomic mass is 10.00. The molecule has 0 saturated carbocycles. The van der Waals surface area contributed by atoms with E-state index in [0.29, 0.717) is 12.8 Å². The molecule has 0 bridgehead atoms. The predicted octanol–water partition coefficient (Wildman–Crippen LogP) is 9.84. The Bertz CT molecular complexity index is 1150. The molecule has 0 amide bonds. The average Bonchev–Trinajstić information content (AvgIpc) is 3.20. The molecule has 0 aromatic carbocycles. The van der Waals surface area contributed by atoms with E-state index in [1.165, 1.54) is 135 Å². The lowest BCUT2D eigenvalue weighted by molar-refractivity contribution is -0.297. The molecule has 0 radical (unpaired) electrons. The molecular weight excluding hydrogens is 777 g/mol. The Kier molecular flexibility index (Phi) is 34.7. The summed E-state index contributed by atoms with van der Waals surface area (Å²) in [4.78, 5) is 25.4. The summed E-state index contributed by atoms with van der Waals surface area (Å²) in [5.41, 5.74) is 0. The molecule has 4 N–H and O–H groups in total. The van der Waals surface area contributed by atoms with Crippen LogP contribution >= 0.6 is 0 Å². The number of esters is 2. The molecule has 0 spiro atoms. The number of unbranched alkanes of at least 4 members (excludes halogenated alkanes) is 26. The molecule has 12 nitrogen and oxygen atoms in total.